The molecule has 0 saturated heterocycles. The van der Waals surface area contributed by atoms with Crippen LogP contribution >= 0.6 is 23.2 Å². The molecule has 1 aromatic heterocycles. The van der Waals surface area contributed by atoms with Gasteiger partial charge in [-0.3, -0.25) is 4.98 Å². The number of alkyl halides is 3. The lowest BCUT2D eigenvalue weighted by atomic mass is 10.0. The quantitative estimate of drug-likeness (QED) is 0.764. The van der Waals surface area contributed by atoms with Crippen molar-refractivity contribution in [1.29, 1.82) is 5.26 Å². The normalized spacial score (nSPS) is 11.2. The van der Waals surface area contributed by atoms with Crippen LogP contribution in [0.4, 0.5) is 13.2 Å². The Morgan fingerprint density at radius 3 is 2.33 bits per heavy atom. The number of benzene rings is 1. The van der Waals surface area contributed by atoms with Crippen LogP contribution in [0.5, 0.6) is 0 Å². The Kier molecular flexibility index (Phi) is 4.40. The molecule has 0 N–H and O–H groups in total. The maximum absolute atomic E-state index is 12.9. The van der Waals surface area contributed by atoms with Crippen molar-refractivity contribution >= 4 is 23.2 Å². The van der Waals surface area contributed by atoms with Gasteiger partial charge in [0.25, 0.3) is 0 Å². The Morgan fingerprint density at radius 1 is 1.19 bits per heavy atom. The first-order valence-corrected chi connectivity index (χ1v) is 6.47. The van der Waals surface area contributed by atoms with Gasteiger partial charge in [0, 0.05) is 11.8 Å². The first-order valence-electron chi connectivity index (χ1n) is 5.72. The molecule has 0 aliphatic carbocycles. The van der Waals surface area contributed by atoms with E-state index >= 15 is 0 Å². The Hall–Kier alpha value is -1.77. The van der Waals surface area contributed by atoms with Gasteiger partial charge in [-0.05, 0) is 23.8 Å². The fourth-order valence-corrected chi connectivity index (χ4v) is 2.45. The maximum Gasteiger partial charge on any atom is 0.418 e. The SMILES string of the molecule is N#CCc1cc(-c2c(Cl)cccc2Cl)ncc1C(F)(F)F. The maximum atomic E-state index is 12.9. The summed E-state index contributed by atoms with van der Waals surface area (Å²) in [7, 11) is 0. The van der Waals surface area contributed by atoms with Crippen LogP contribution in [-0.2, 0) is 12.6 Å². The molecule has 1 aromatic carbocycles. The largest absolute Gasteiger partial charge is 0.418 e. The van der Waals surface area contributed by atoms with Gasteiger partial charge in [0.05, 0.1) is 33.8 Å². The molecule has 2 nitrogen and oxygen atoms in total. The lowest BCUT2D eigenvalue weighted by Crippen LogP contribution is -2.10. The zero-order valence-electron chi connectivity index (χ0n) is 10.4. The van der Waals surface area contributed by atoms with Crippen LogP contribution < -0.4 is 0 Å². The summed E-state index contributed by atoms with van der Waals surface area (Å²) in [5, 5.41) is 9.24. The molecule has 0 spiro atoms. The topological polar surface area (TPSA) is 36.7 Å². The summed E-state index contributed by atoms with van der Waals surface area (Å²) < 4.78 is 38.6. The molecule has 0 atom stereocenters. The van der Waals surface area contributed by atoms with Crippen LogP contribution in [0.3, 0.4) is 0 Å². The third kappa shape index (κ3) is 3.29. The standard InChI is InChI=1S/C14H7Cl2F3N2/c15-10-2-1-3-11(16)13(10)12-6-8(4-5-20)9(7-21-12)14(17,18)19/h1-3,6-7H,4H2. The van der Waals surface area contributed by atoms with E-state index in [-0.39, 0.29) is 27.7 Å². The highest BCUT2D eigenvalue weighted by Gasteiger charge is 2.34. The highest BCUT2D eigenvalue weighted by molar-refractivity contribution is 6.39. The molecule has 21 heavy (non-hydrogen) atoms. The van der Waals surface area contributed by atoms with Gasteiger partial charge in [-0.15, -0.1) is 0 Å². The summed E-state index contributed by atoms with van der Waals surface area (Å²) >= 11 is 12.0. The predicted octanol–water partition coefficient (Wildman–Crippen LogP) is 5.14. The predicted molar refractivity (Wildman–Crippen MR) is 74.0 cm³/mol. The van der Waals surface area contributed by atoms with Crippen molar-refractivity contribution in [3.63, 3.8) is 0 Å². The molecule has 2 aromatic rings. The molecule has 2 rings (SSSR count). The van der Waals surface area contributed by atoms with Crippen molar-refractivity contribution in [1.82, 2.24) is 4.98 Å². The van der Waals surface area contributed by atoms with Crippen molar-refractivity contribution in [3.8, 4) is 17.3 Å². The van der Waals surface area contributed by atoms with Crippen LogP contribution in [0.2, 0.25) is 10.0 Å². The van der Waals surface area contributed by atoms with E-state index in [1.807, 2.05) is 0 Å². The lowest BCUT2D eigenvalue weighted by molar-refractivity contribution is -0.138. The van der Waals surface area contributed by atoms with Crippen molar-refractivity contribution in [2.45, 2.75) is 12.6 Å². The molecule has 1 heterocycles. The number of rotatable bonds is 2. The monoisotopic (exact) mass is 330 g/mol. The molecule has 108 valence electrons. The average molecular weight is 331 g/mol. The summed E-state index contributed by atoms with van der Waals surface area (Å²) in [5.41, 5.74) is -0.556. The van der Waals surface area contributed by atoms with Crippen molar-refractivity contribution in [2.75, 3.05) is 0 Å². The van der Waals surface area contributed by atoms with E-state index in [2.05, 4.69) is 4.98 Å². The van der Waals surface area contributed by atoms with E-state index in [0.717, 1.165) is 0 Å². The second kappa shape index (κ2) is 5.92. The molecule has 0 unspecified atom stereocenters. The number of pyridine rings is 1. The van der Waals surface area contributed by atoms with Crippen LogP contribution in [-0.4, -0.2) is 4.98 Å². The van der Waals surface area contributed by atoms with Crippen LogP contribution in [0.25, 0.3) is 11.3 Å². The van der Waals surface area contributed by atoms with E-state index in [4.69, 9.17) is 28.5 Å². The molecule has 0 bridgehead atoms. The Bertz CT molecular complexity index is 701. The smallest absolute Gasteiger partial charge is 0.256 e. The second-order valence-corrected chi connectivity index (χ2v) is 4.97. The Morgan fingerprint density at radius 2 is 1.81 bits per heavy atom. The summed E-state index contributed by atoms with van der Waals surface area (Å²) in [5.74, 6) is 0. The molecular weight excluding hydrogens is 324 g/mol. The minimum absolute atomic E-state index is 0.161. The Labute approximate surface area is 128 Å². The fraction of sp³-hybridized carbons (Fsp3) is 0.143. The molecule has 0 fully saturated rings. The summed E-state index contributed by atoms with van der Waals surface area (Å²) in [6, 6.07) is 7.65. The average Bonchev–Trinajstić information content (AvgIpc) is 2.37. The molecule has 0 aliphatic heterocycles. The van der Waals surface area contributed by atoms with E-state index < -0.39 is 11.7 Å². The minimum Gasteiger partial charge on any atom is -0.256 e. The summed E-state index contributed by atoms with van der Waals surface area (Å²) in [6.45, 7) is 0. The number of nitrogens with zero attached hydrogens (tertiary/aromatic N) is 2. The van der Waals surface area contributed by atoms with Crippen LogP contribution in [0.15, 0.2) is 30.5 Å². The second-order valence-electron chi connectivity index (χ2n) is 4.16. The van der Waals surface area contributed by atoms with Crippen LogP contribution in [0, 0.1) is 11.3 Å². The third-order valence-electron chi connectivity index (χ3n) is 2.78. The van der Waals surface area contributed by atoms with Crippen molar-refractivity contribution in [3.05, 3.63) is 51.6 Å². The van der Waals surface area contributed by atoms with Gasteiger partial charge >= 0.3 is 6.18 Å². The first-order chi connectivity index (χ1) is 9.84. The molecule has 0 aliphatic rings. The van der Waals surface area contributed by atoms with Gasteiger partial charge in [-0.2, -0.15) is 18.4 Å². The number of halogens is 5. The van der Waals surface area contributed by atoms with Gasteiger partial charge in [-0.1, -0.05) is 29.3 Å². The van der Waals surface area contributed by atoms with E-state index in [9.17, 15) is 13.2 Å². The number of hydrogen-bond acceptors (Lipinski definition) is 2. The molecule has 0 saturated carbocycles. The molecule has 7 heteroatoms. The minimum atomic E-state index is -4.57. The van der Waals surface area contributed by atoms with Crippen molar-refractivity contribution < 1.29 is 13.2 Å². The number of nitriles is 1. The third-order valence-corrected chi connectivity index (χ3v) is 3.41. The van der Waals surface area contributed by atoms with Gasteiger partial charge in [0.1, 0.15) is 0 Å². The number of hydrogen-bond donors (Lipinski definition) is 0. The first kappa shape index (κ1) is 15.6. The van der Waals surface area contributed by atoms with E-state index in [1.165, 1.54) is 6.07 Å². The highest BCUT2D eigenvalue weighted by Crippen LogP contribution is 2.37. The fourth-order valence-electron chi connectivity index (χ4n) is 1.86. The molecule has 0 radical (unpaired) electrons. The summed E-state index contributed by atoms with van der Waals surface area (Å²) in [6.07, 6.45) is -4.25. The van der Waals surface area contributed by atoms with Crippen LogP contribution in [0.1, 0.15) is 11.1 Å². The Balaban J connectivity index is 2.63. The zero-order valence-corrected chi connectivity index (χ0v) is 11.9. The van der Waals surface area contributed by atoms with E-state index in [1.54, 1.807) is 24.3 Å². The van der Waals surface area contributed by atoms with Gasteiger partial charge in [-0.25, -0.2) is 0 Å². The zero-order chi connectivity index (χ0) is 15.6. The summed E-state index contributed by atoms with van der Waals surface area (Å²) in [4.78, 5) is 3.78. The number of aromatic nitrogens is 1. The highest BCUT2D eigenvalue weighted by atomic mass is 35.5. The molecule has 0 amide bonds. The molecular formula is C14H7Cl2F3N2. The van der Waals surface area contributed by atoms with Gasteiger partial charge in [0.2, 0.25) is 0 Å². The van der Waals surface area contributed by atoms with Gasteiger partial charge < -0.3 is 0 Å². The van der Waals surface area contributed by atoms with Gasteiger partial charge in [0.15, 0.2) is 0 Å². The lowest BCUT2D eigenvalue weighted by Gasteiger charge is -2.13. The van der Waals surface area contributed by atoms with E-state index in [0.29, 0.717) is 11.8 Å². The van der Waals surface area contributed by atoms with Crippen molar-refractivity contribution in [2.24, 2.45) is 0 Å².